The third kappa shape index (κ3) is 3.84. The first-order chi connectivity index (χ1) is 17.6. The summed E-state index contributed by atoms with van der Waals surface area (Å²) in [5, 5.41) is 9.67. The van der Waals surface area contributed by atoms with Crippen molar-refractivity contribution in [1.29, 1.82) is 0 Å². The van der Waals surface area contributed by atoms with Crippen molar-refractivity contribution in [2.24, 2.45) is 0 Å². The number of aromatic nitrogens is 4. The van der Waals surface area contributed by atoms with Crippen LogP contribution in [0.25, 0.3) is 27.9 Å². The average Bonchev–Trinajstić information content (AvgIpc) is 3.34. The number of hydrogen-bond donors (Lipinski definition) is 0. The average molecular weight is 481 g/mol. The van der Waals surface area contributed by atoms with Gasteiger partial charge in [-0.3, -0.25) is 4.79 Å². The Morgan fingerprint density at radius 2 is 1.69 bits per heavy atom. The Labute approximate surface area is 207 Å². The lowest BCUT2D eigenvalue weighted by molar-refractivity contribution is -0.132. The van der Waals surface area contributed by atoms with E-state index >= 15 is 0 Å². The highest BCUT2D eigenvalue weighted by molar-refractivity contribution is 5.93. The van der Waals surface area contributed by atoms with E-state index in [1.165, 1.54) is 6.07 Å². The van der Waals surface area contributed by atoms with E-state index in [0.717, 1.165) is 16.5 Å². The molecule has 0 N–H and O–H groups in total. The SMILES string of the molecule is C[C@H]1CN(c2nc3ccccc3c3nnc(-c4ccccc4F)n23)CCN1C(=O)Cc1ccccc1. The lowest BCUT2D eigenvalue weighted by Gasteiger charge is -2.40. The van der Waals surface area contributed by atoms with Crippen LogP contribution in [-0.2, 0) is 11.2 Å². The molecule has 1 saturated heterocycles. The second kappa shape index (κ2) is 9.03. The molecule has 1 aliphatic heterocycles. The van der Waals surface area contributed by atoms with Crippen LogP contribution in [0.1, 0.15) is 12.5 Å². The number of piperazine rings is 1. The molecule has 1 amide bonds. The molecule has 0 unspecified atom stereocenters. The van der Waals surface area contributed by atoms with Crippen LogP contribution < -0.4 is 4.90 Å². The Hall–Kier alpha value is -4.33. The topological polar surface area (TPSA) is 66.6 Å². The van der Waals surface area contributed by atoms with Crippen molar-refractivity contribution in [2.75, 3.05) is 24.5 Å². The van der Waals surface area contributed by atoms with Gasteiger partial charge in [-0.1, -0.05) is 54.6 Å². The van der Waals surface area contributed by atoms with Crippen LogP contribution in [0.4, 0.5) is 10.3 Å². The highest BCUT2D eigenvalue weighted by atomic mass is 19.1. The van der Waals surface area contributed by atoms with Crippen molar-refractivity contribution in [1.82, 2.24) is 24.5 Å². The molecule has 6 rings (SSSR count). The van der Waals surface area contributed by atoms with E-state index in [1.54, 1.807) is 18.2 Å². The molecule has 180 valence electrons. The molecule has 3 heterocycles. The van der Waals surface area contributed by atoms with Crippen molar-refractivity contribution < 1.29 is 9.18 Å². The molecular weight excluding hydrogens is 455 g/mol. The summed E-state index contributed by atoms with van der Waals surface area (Å²) in [6, 6.07) is 24.1. The predicted octanol–water partition coefficient (Wildman–Crippen LogP) is 4.36. The fraction of sp³-hybridized carbons (Fsp3) is 0.214. The van der Waals surface area contributed by atoms with E-state index in [4.69, 9.17) is 4.98 Å². The maximum Gasteiger partial charge on any atom is 0.227 e. The summed E-state index contributed by atoms with van der Waals surface area (Å²) in [6.45, 7) is 3.81. The van der Waals surface area contributed by atoms with Crippen LogP contribution >= 0.6 is 0 Å². The molecule has 5 aromatic rings. The van der Waals surface area contributed by atoms with Crippen molar-refractivity contribution in [3.05, 3.63) is 90.2 Å². The van der Waals surface area contributed by atoms with Crippen LogP contribution in [0.3, 0.4) is 0 Å². The zero-order valence-electron chi connectivity index (χ0n) is 19.9. The van der Waals surface area contributed by atoms with Gasteiger partial charge in [0.2, 0.25) is 11.9 Å². The van der Waals surface area contributed by atoms with Gasteiger partial charge in [0.15, 0.2) is 11.5 Å². The Balaban J connectivity index is 1.38. The number of carbonyl (C=O) groups excluding carboxylic acids is 1. The number of benzene rings is 3. The van der Waals surface area contributed by atoms with Crippen LogP contribution in [-0.4, -0.2) is 56.1 Å². The molecule has 2 aromatic heterocycles. The fourth-order valence-electron chi connectivity index (χ4n) is 4.98. The normalized spacial score (nSPS) is 16.1. The molecule has 8 heteroatoms. The third-order valence-corrected chi connectivity index (χ3v) is 6.77. The summed E-state index contributed by atoms with van der Waals surface area (Å²) in [5.41, 5.74) is 2.80. The van der Waals surface area contributed by atoms with Gasteiger partial charge < -0.3 is 9.80 Å². The number of para-hydroxylation sites is 1. The summed E-state index contributed by atoms with van der Waals surface area (Å²) in [4.78, 5) is 22.1. The van der Waals surface area contributed by atoms with Gasteiger partial charge in [0.1, 0.15) is 5.82 Å². The van der Waals surface area contributed by atoms with Crippen molar-refractivity contribution in [3.63, 3.8) is 0 Å². The van der Waals surface area contributed by atoms with Gasteiger partial charge in [-0.25, -0.2) is 13.8 Å². The largest absolute Gasteiger partial charge is 0.338 e. The van der Waals surface area contributed by atoms with Crippen LogP contribution in [0.5, 0.6) is 0 Å². The molecule has 3 aromatic carbocycles. The van der Waals surface area contributed by atoms with Gasteiger partial charge in [-0.2, -0.15) is 0 Å². The number of nitrogens with zero attached hydrogens (tertiary/aromatic N) is 6. The van der Waals surface area contributed by atoms with E-state index in [-0.39, 0.29) is 17.8 Å². The maximum absolute atomic E-state index is 14.8. The number of rotatable bonds is 4. The van der Waals surface area contributed by atoms with Crippen molar-refractivity contribution in [2.45, 2.75) is 19.4 Å². The molecule has 1 fully saturated rings. The molecule has 0 bridgehead atoms. The van der Waals surface area contributed by atoms with Gasteiger partial charge in [-0.15, -0.1) is 10.2 Å². The second-order valence-electron chi connectivity index (χ2n) is 9.14. The summed E-state index contributed by atoms with van der Waals surface area (Å²) in [6.07, 6.45) is 0.381. The summed E-state index contributed by atoms with van der Waals surface area (Å²) in [5.74, 6) is 0.803. The highest BCUT2D eigenvalue weighted by Crippen LogP contribution is 2.30. The number of anilines is 1. The van der Waals surface area contributed by atoms with E-state index in [9.17, 15) is 9.18 Å². The minimum absolute atomic E-state index is 0.0216. The number of fused-ring (bicyclic) bond motifs is 3. The smallest absolute Gasteiger partial charge is 0.227 e. The van der Waals surface area contributed by atoms with E-state index in [0.29, 0.717) is 49.0 Å². The molecule has 7 nitrogen and oxygen atoms in total. The fourth-order valence-corrected chi connectivity index (χ4v) is 4.98. The first-order valence-electron chi connectivity index (χ1n) is 12.1. The Kier molecular flexibility index (Phi) is 5.56. The molecule has 1 atom stereocenters. The minimum atomic E-state index is -0.365. The van der Waals surface area contributed by atoms with Crippen LogP contribution in [0.15, 0.2) is 78.9 Å². The predicted molar refractivity (Wildman–Crippen MR) is 137 cm³/mol. The first-order valence-corrected chi connectivity index (χ1v) is 12.1. The molecule has 0 radical (unpaired) electrons. The number of amides is 1. The molecule has 0 saturated carbocycles. The van der Waals surface area contributed by atoms with Crippen LogP contribution in [0, 0.1) is 5.82 Å². The molecular formula is C28H25FN6O. The number of hydrogen-bond acceptors (Lipinski definition) is 5. The Morgan fingerprint density at radius 1 is 0.944 bits per heavy atom. The minimum Gasteiger partial charge on any atom is -0.338 e. The van der Waals surface area contributed by atoms with Gasteiger partial charge in [0, 0.05) is 31.1 Å². The van der Waals surface area contributed by atoms with Gasteiger partial charge in [0.05, 0.1) is 17.5 Å². The maximum atomic E-state index is 14.8. The first kappa shape index (κ1) is 22.2. The van der Waals surface area contributed by atoms with Crippen molar-refractivity contribution >= 4 is 28.4 Å². The van der Waals surface area contributed by atoms with Crippen LogP contribution in [0.2, 0.25) is 0 Å². The summed E-state index contributed by atoms with van der Waals surface area (Å²) in [7, 11) is 0. The van der Waals surface area contributed by atoms with Gasteiger partial charge in [0.25, 0.3) is 0 Å². The quantitative estimate of drug-likeness (QED) is 0.382. The second-order valence-corrected chi connectivity index (χ2v) is 9.14. The lowest BCUT2D eigenvalue weighted by atomic mass is 10.1. The monoisotopic (exact) mass is 480 g/mol. The standard InChI is InChI=1S/C28H25FN6O/c1-19-18-33(15-16-34(19)25(36)17-20-9-3-2-4-10-20)28-30-24-14-8-6-12-22(24)27-32-31-26(35(27)28)21-11-5-7-13-23(21)29/h2-14,19H,15-18H2,1H3/t19-/m0/s1. The lowest BCUT2D eigenvalue weighted by Crippen LogP contribution is -2.55. The van der Waals surface area contributed by atoms with E-state index in [2.05, 4.69) is 22.0 Å². The van der Waals surface area contributed by atoms with E-state index < -0.39 is 0 Å². The van der Waals surface area contributed by atoms with Crippen molar-refractivity contribution in [3.8, 4) is 11.4 Å². The Bertz CT molecular complexity index is 1570. The highest BCUT2D eigenvalue weighted by Gasteiger charge is 2.30. The summed E-state index contributed by atoms with van der Waals surface area (Å²) < 4.78 is 16.6. The molecule has 1 aliphatic rings. The number of carbonyl (C=O) groups is 1. The van der Waals surface area contributed by atoms with E-state index in [1.807, 2.05) is 63.9 Å². The van der Waals surface area contributed by atoms with Gasteiger partial charge >= 0.3 is 0 Å². The molecule has 0 spiro atoms. The number of halogens is 1. The third-order valence-electron chi connectivity index (χ3n) is 6.77. The molecule has 36 heavy (non-hydrogen) atoms. The van der Waals surface area contributed by atoms with Gasteiger partial charge in [-0.05, 0) is 36.8 Å². The zero-order valence-corrected chi connectivity index (χ0v) is 19.9. The summed E-state index contributed by atoms with van der Waals surface area (Å²) >= 11 is 0. The Morgan fingerprint density at radius 3 is 2.50 bits per heavy atom. The molecule has 0 aliphatic carbocycles. The zero-order chi connectivity index (χ0) is 24.6.